The molecular weight excluding hydrogens is 264 g/mol. The third-order valence-corrected chi connectivity index (χ3v) is 4.44. The highest BCUT2D eigenvalue weighted by Gasteiger charge is 2.54. The molecule has 2 heterocycles. The van der Waals surface area contributed by atoms with Crippen molar-refractivity contribution in [1.82, 2.24) is 4.90 Å². The van der Waals surface area contributed by atoms with Gasteiger partial charge in [0, 0.05) is 31.6 Å². The van der Waals surface area contributed by atoms with E-state index in [1.165, 1.54) is 12.1 Å². The lowest BCUT2D eigenvalue weighted by atomic mass is 9.80. The summed E-state index contributed by atoms with van der Waals surface area (Å²) in [5.41, 5.74) is -0.166. The van der Waals surface area contributed by atoms with Crippen molar-refractivity contribution in [3.63, 3.8) is 0 Å². The topological polar surface area (TPSA) is 32.8 Å². The first-order chi connectivity index (χ1) is 9.53. The number of nitrogens with zero attached hydrogens (tertiary/aromatic N) is 1. The van der Waals surface area contributed by atoms with Gasteiger partial charge in [0.15, 0.2) is 0 Å². The third kappa shape index (κ3) is 2.20. The van der Waals surface area contributed by atoms with Crippen LogP contribution in [0.2, 0.25) is 0 Å². The Bertz CT molecular complexity index is 535. The van der Waals surface area contributed by atoms with Gasteiger partial charge in [0.2, 0.25) is 5.91 Å². The maximum absolute atomic E-state index is 14.0. The minimum absolute atomic E-state index is 0.0715. The number of benzene rings is 1. The number of carbonyl (C=O) groups excluding carboxylic acids is 1. The van der Waals surface area contributed by atoms with E-state index in [-0.39, 0.29) is 11.8 Å². The summed E-state index contributed by atoms with van der Waals surface area (Å²) in [5.74, 6) is -0.870. The van der Waals surface area contributed by atoms with Gasteiger partial charge in [-0.2, -0.15) is 0 Å². The third-order valence-electron chi connectivity index (χ3n) is 4.44. The number of hydrogen-bond donors (Lipinski definition) is 0. The van der Waals surface area contributed by atoms with E-state index in [0.717, 1.165) is 18.9 Å². The molecule has 3 nitrogen and oxygen atoms in total. The molecule has 2 saturated heterocycles. The van der Waals surface area contributed by atoms with Gasteiger partial charge in [-0.15, -0.1) is 0 Å². The maximum Gasteiger partial charge on any atom is 0.219 e. The molecule has 1 atom stereocenters. The van der Waals surface area contributed by atoms with Crippen LogP contribution in [0.15, 0.2) is 18.2 Å². The Hall–Kier alpha value is -1.49. The van der Waals surface area contributed by atoms with Crippen LogP contribution in [0.25, 0.3) is 0 Å². The second-order valence-electron chi connectivity index (χ2n) is 5.58. The number of halogens is 2. The second kappa shape index (κ2) is 4.81. The number of amides is 1. The van der Waals surface area contributed by atoms with Gasteiger partial charge in [-0.05, 0) is 24.8 Å². The molecular formula is C15H17F2NO2. The first-order valence-corrected chi connectivity index (χ1v) is 6.88. The van der Waals surface area contributed by atoms with Crippen LogP contribution < -0.4 is 0 Å². The van der Waals surface area contributed by atoms with Gasteiger partial charge in [-0.3, -0.25) is 4.79 Å². The zero-order valence-electron chi connectivity index (χ0n) is 11.4. The quantitative estimate of drug-likeness (QED) is 0.780. The molecule has 1 amide bonds. The van der Waals surface area contributed by atoms with Crippen molar-refractivity contribution in [3.8, 4) is 0 Å². The van der Waals surface area contributed by atoms with Crippen LogP contribution in [0.5, 0.6) is 0 Å². The molecule has 5 heteroatoms. The Labute approximate surface area is 116 Å². The number of piperidine rings is 1. The van der Waals surface area contributed by atoms with Crippen molar-refractivity contribution in [2.45, 2.75) is 25.4 Å². The van der Waals surface area contributed by atoms with Crippen LogP contribution in [-0.2, 0) is 15.1 Å². The summed E-state index contributed by atoms with van der Waals surface area (Å²) in [5, 5.41) is 0. The smallest absolute Gasteiger partial charge is 0.219 e. The Morgan fingerprint density at radius 3 is 2.50 bits per heavy atom. The predicted molar refractivity (Wildman–Crippen MR) is 69.0 cm³/mol. The molecule has 3 rings (SSSR count). The molecule has 1 unspecified atom stereocenters. The van der Waals surface area contributed by atoms with Crippen LogP contribution in [0.1, 0.15) is 25.3 Å². The minimum atomic E-state index is -0.610. The van der Waals surface area contributed by atoms with Crippen LogP contribution >= 0.6 is 0 Å². The summed E-state index contributed by atoms with van der Waals surface area (Å²) in [6, 6.07) is 3.66. The molecule has 2 aliphatic rings. The monoisotopic (exact) mass is 281 g/mol. The van der Waals surface area contributed by atoms with Gasteiger partial charge < -0.3 is 9.64 Å². The molecule has 0 N–H and O–H groups in total. The molecule has 1 aromatic rings. The first-order valence-electron chi connectivity index (χ1n) is 6.88. The van der Waals surface area contributed by atoms with E-state index < -0.39 is 17.2 Å². The lowest BCUT2D eigenvalue weighted by molar-refractivity contribution is -0.130. The van der Waals surface area contributed by atoms with Gasteiger partial charge in [-0.1, -0.05) is 6.07 Å². The molecule has 0 aromatic heterocycles. The first kappa shape index (κ1) is 13.5. The van der Waals surface area contributed by atoms with E-state index >= 15 is 0 Å². The van der Waals surface area contributed by atoms with Crippen molar-refractivity contribution in [3.05, 3.63) is 35.4 Å². The van der Waals surface area contributed by atoms with Crippen molar-refractivity contribution < 1.29 is 18.3 Å². The Kier molecular flexibility index (Phi) is 3.24. The molecule has 2 aliphatic heterocycles. The molecule has 0 spiro atoms. The highest BCUT2D eigenvalue weighted by atomic mass is 19.1. The van der Waals surface area contributed by atoms with Gasteiger partial charge in [0.1, 0.15) is 17.2 Å². The maximum atomic E-state index is 14.0. The van der Waals surface area contributed by atoms with Crippen LogP contribution in [0.3, 0.4) is 0 Å². The van der Waals surface area contributed by atoms with Gasteiger partial charge in [0.05, 0.1) is 6.61 Å². The summed E-state index contributed by atoms with van der Waals surface area (Å²) in [4.78, 5) is 13.1. The molecule has 0 aliphatic carbocycles. The van der Waals surface area contributed by atoms with E-state index in [9.17, 15) is 13.6 Å². The molecule has 0 radical (unpaired) electrons. The molecule has 20 heavy (non-hydrogen) atoms. The van der Waals surface area contributed by atoms with Gasteiger partial charge in [0.25, 0.3) is 0 Å². The van der Waals surface area contributed by atoms with E-state index in [1.54, 1.807) is 11.8 Å². The van der Waals surface area contributed by atoms with E-state index in [0.29, 0.717) is 25.3 Å². The normalized spacial score (nSPS) is 26.6. The van der Waals surface area contributed by atoms with Crippen LogP contribution in [0.4, 0.5) is 8.78 Å². The number of rotatable bonds is 2. The number of likely N-dealkylation sites (tertiary alicyclic amines) is 1. The van der Waals surface area contributed by atoms with Crippen molar-refractivity contribution in [2.24, 2.45) is 5.92 Å². The van der Waals surface area contributed by atoms with E-state index in [2.05, 4.69) is 0 Å². The molecule has 0 saturated carbocycles. The standard InChI is InChI=1S/C15H17F2NO2/c1-10(19)18-6-4-11(5-7-18)15(9-20-15)13-3-2-12(16)8-14(13)17/h2-3,8,11H,4-7,9H2,1H3. The summed E-state index contributed by atoms with van der Waals surface area (Å²) >= 11 is 0. The zero-order chi connectivity index (χ0) is 14.3. The Balaban J connectivity index is 1.78. The molecule has 0 bridgehead atoms. The average Bonchev–Trinajstić information content (AvgIpc) is 3.20. The van der Waals surface area contributed by atoms with Crippen molar-refractivity contribution in [1.29, 1.82) is 0 Å². The number of ether oxygens (including phenoxy) is 1. The Morgan fingerprint density at radius 2 is 2.00 bits per heavy atom. The number of carbonyl (C=O) groups is 1. The van der Waals surface area contributed by atoms with Crippen LogP contribution in [0, 0.1) is 17.6 Å². The summed E-state index contributed by atoms with van der Waals surface area (Å²) in [6.45, 7) is 3.38. The highest BCUT2D eigenvalue weighted by molar-refractivity contribution is 5.73. The largest absolute Gasteiger partial charge is 0.364 e. The summed E-state index contributed by atoms with van der Waals surface area (Å²) in [6.07, 6.45) is 1.58. The van der Waals surface area contributed by atoms with Crippen molar-refractivity contribution in [2.75, 3.05) is 19.7 Å². The SMILES string of the molecule is CC(=O)N1CCC(C2(c3ccc(F)cc3F)CO2)CC1. The second-order valence-corrected chi connectivity index (χ2v) is 5.58. The number of hydrogen-bond acceptors (Lipinski definition) is 2. The molecule has 1 aromatic carbocycles. The minimum Gasteiger partial charge on any atom is -0.364 e. The summed E-state index contributed by atoms with van der Waals surface area (Å²) < 4.78 is 32.5. The fourth-order valence-electron chi connectivity index (χ4n) is 3.18. The fourth-order valence-corrected chi connectivity index (χ4v) is 3.18. The predicted octanol–water partition coefficient (Wildman–Crippen LogP) is 2.45. The van der Waals surface area contributed by atoms with Gasteiger partial charge >= 0.3 is 0 Å². The van der Waals surface area contributed by atoms with Gasteiger partial charge in [-0.25, -0.2) is 8.78 Å². The molecule has 108 valence electrons. The fraction of sp³-hybridized carbons (Fsp3) is 0.533. The van der Waals surface area contributed by atoms with Crippen LogP contribution in [-0.4, -0.2) is 30.5 Å². The number of epoxide rings is 1. The Morgan fingerprint density at radius 1 is 1.35 bits per heavy atom. The lowest BCUT2D eigenvalue weighted by Gasteiger charge is -2.34. The van der Waals surface area contributed by atoms with E-state index in [1.807, 2.05) is 0 Å². The zero-order valence-corrected chi connectivity index (χ0v) is 11.4. The van der Waals surface area contributed by atoms with Crippen molar-refractivity contribution >= 4 is 5.91 Å². The average molecular weight is 281 g/mol. The summed E-state index contributed by atoms with van der Waals surface area (Å²) in [7, 11) is 0. The lowest BCUT2D eigenvalue weighted by Crippen LogP contribution is -2.40. The van der Waals surface area contributed by atoms with E-state index in [4.69, 9.17) is 4.74 Å². The molecule has 2 fully saturated rings. The highest BCUT2D eigenvalue weighted by Crippen LogP contribution is 2.50.